The minimum absolute atomic E-state index is 0.0793. The highest BCUT2D eigenvalue weighted by molar-refractivity contribution is 5.80. The van der Waals surface area contributed by atoms with Crippen LogP contribution in [-0.4, -0.2) is 39.4 Å². The first kappa shape index (κ1) is 8.18. The first-order chi connectivity index (χ1) is 6.18. The largest absolute Gasteiger partial charge is 0.323 e. The van der Waals surface area contributed by atoms with Gasteiger partial charge in [0.1, 0.15) is 11.9 Å². The third-order valence-corrected chi connectivity index (χ3v) is 2.13. The second-order valence-corrected chi connectivity index (χ2v) is 3.11. The Hall–Kier alpha value is -1.43. The molecule has 0 aliphatic carbocycles. The fraction of sp³-hybridized carbons (Fsp3) is 0.571. The van der Waals surface area contributed by atoms with Gasteiger partial charge in [-0.05, 0) is 0 Å². The van der Waals surface area contributed by atoms with Gasteiger partial charge in [0.25, 0.3) is 0 Å². The third-order valence-electron chi connectivity index (χ3n) is 2.13. The molecule has 6 heteroatoms. The fourth-order valence-corrected chi connectivity index (χ4v) is 1.38. The first-order valence-electron chi connectivity index (χ1n) is 4.04. The number of aryl methyl sites for hydroxylation is 1. The van der Waals surface area contributed by atoms with E-state index >= 15 is 0 Å². The van der Waals surface area contributed by atoms with Crippen molar-refractivity contribution < 1.29 is 4.79 Å². The average Bonchev–Trinajstić information content (AvgIpc) is 2.62. The van der Waals surface area contributed by atoms with E-state index in [1.54, 1.807) is 29.9 Å². The maximum atomic E-state index is 11.2. The van der Waals surface area contributed by atoms with Crippen LogP contribution in [-0.2, 0) is 11.8 Å². The Bertz CT molecular complexity index is 333. The molecule has 6 nitrogen and oxygen atoms in total. The Balaban J connectivity index is 2.23. The van der Waals surface area contributed by atoms with Gasteiger partial charge in [-0.25, -0.2) is 0 Å². The summed E-state index contributed by atoms with van der Waals surface area (Å²) in [6.45, 7) is 0.373. The summed E-state index contributed by atoms with van der Waals surface area (Å²) in [6.07, 6.45) is 1.67. The molecule has 2 rings (SSSR count). The number of nitrogens with zero attached hydrogens (tertiary/aromatic N) is 4. The van der Waals surface area contributed by atoms with Gasteiger partial charge in [-0.1, -0.05) is 5.21 Å². The van der Waals surface area contributed by atoms with Crippen molar-refractivity contribution in [3.05, 3.63) is 11.9 Å². The number of likely N-dealkylation sites (N-methyl/N-ethyl adjacent to an activating group) is 1. The fourth-order valence-electron chi connectivity index (χ4n) is 1.38. The van der Waals surface area contributed by atoms with Gasteiger partial charge >= 0.3 is 0 Å². The molecule has 0 spiro atoms. The molecular weight excluding hydrogens is 170 g/mol. The Morgan fingerprint density at radius 2 is 2.38 bits per heavy atom. The molecule has 1 fully saturated rings. The van der Waals surface area contributed by atoms with Crippen molar-refractivity contribution in [1.82, 2.24) is 25.2 Å². The Kier molecular flexibility index (Phi) is 1.77. The van der Waals surface area contributed by atoms with Crippen molar-refractivity contribution in [1.29, 1.82) is 0 Å². The predicted molar refractivity (Wildman–Crippen MR) is 44.5 cm³/mol. The van der Waals surface area contributed by atoms with Gasteiger partial charge in [0.05, 0.1) is 12.7 Å². The first-order valence-corrected chi connectivity index (χ1v) is 4.04. The molecule has 70 valence electrons. The van der Waals surface area contributed by atoms with Crippen LogP contribution in [0, 0.1) is 0 Å². The van der Waals surface area contributed by atoms with Gasteiger partial charge in [0.15, 0.2) is 0 Å². The van der Waals surface area contributed by atoms with Crippen LogP contribution >= 0.6 is 0 Å². The molecule has 1 N–H and O–H groups in total. The van der Waals surface area contributed by atoms with E-state index in [1.807, 2.05) is 0 Å². The molecule has 1 saturated heterocycles. The van der Waals surface area contributed by atoms with E-state index in [4.69, 9.17) is 0 Å². The van der Waals surface area contributed by atoms with Crippen LogP contribution in [0.4, 0.5) is 0 Å². The van der Waals surface area contributed by atoms with Crippen LogP contribution in [0.1, 0.15) is 11.9 Å². The van der Waals surface area contributed by atoms with Crippen LogP contribution in [0.15, 0.2) is 6.20 Å². The summed E-state index contributed by atoms with van der Waals surface area (Å²) in [5, 5.41) is 10.8. The summed E-state index contributed by atoms with van der Waals surface area (Å²) < 4.78 is 1.62. The van der Waals surface area contributed by atoms with E-state index in [-0.39, 0.29) is 12.1 Å². The minimum Gasteiger partial charge on any atom is -0.323 e. The van der Waals surface area contributed by atoms with E-state index in [0.717, 1.165) is 5.69 Å². The van der Waals surface area contributed by atoms with Gasteiger partial charge in [-0.15, -0.1) is 5.10 Å². The highest BCUT2D eigenvalue weighted by atomic mass is 16.2. The monoisotopic (exact) mass is 181 g/mol. The van der Waals surface area contributed by atoms with E-state index in [0.29, 0.717) is 6.54 Å². The van der Waals surface area contributed by atoms with Gasteiger partial charge in [0.2, 0.25) is 5.91 Å². The maximum Gasteiger partial charge on any atom is 0.237 e. The second-order valence-electron chi connectivity index (χ2n) is 3.11. The van der Waals surface area contributed by atoms with Crippen molar-refractivity contribution in [2.75, 3.05) is 13.6 Å². The van der Waals surface area contributed by atoms with Crippen molar-refractivity contribution in [2.24, 2.45) is 7.05 Å². The summed E-state index contributed by atoms with van der Waals surface area (Å²) in [4.78, 5) is 12.8. The molecule has 2 heterocycles. The Morgan fingerprint density at radius 3 is 2.85 bits per heavy atom. The zero-order valence-corrected chi connectivity index (χ0v) is 7.56. The van der Waals surface area contributed by atoms with Crippen LogP contribution in [0.5, 0.6) is 0 Å². The van der Waals surface area contributed by atoms with E-state index < -0.39 is 0 Å². The highest BCUT2D eigenvalue weighted by Crippen LogP contribution is 2.17. The molecule has 1 atom stereocenters. The Labute approximate surface area is 75.5 Å². The smallest absolute Gasteiger partial charge is 0.237 e. The van der Waals surface area contributed by atoms with Crippen molar-refractivity contribution in [2.45, 2.75) is 6.17 Å². The molecule has 13 heavy (non-hydrogen) atoms. The normalized spacial score (nSPS) is 22.8. The lowest BCUT2D eigenvalue weighted by Crippen LogP contribution is -2.26. The molecule has 0 radical (unpaired) electrons. The molecular formula is C7H11N5O. The summed E-state index contributed by atoms with van der Waals surface area (Å²) >= 11 is 0. The van der Waals surface area contributed by atoms with Gasteiger partial charge < -0.3 is 4.90 Å². The highest BCUT2D eigenvalue weighted by Gasteiger charge is 2.29. The molecule has 0 aromatic carbocycles. The van der Waals surface area contributed by atoms with Crippen LogP contribution in [0.2, 0.25) is 0 Å². The van der Waals surface area contributed by atoms with E-state index in [1.165, 1.54) is 0 Å². The van der Waals surface area contributed by atoms with Crippen molar-refractivity contribution in [3.63, 3.8) is 0 Å². The van der Waals surface area contributed by atoms with Gasteiger partial charge in [-0.2, -0.15) is 0 Å². The lowest BCUT2D eigenvalue weighted by Gasteiger charge is -2.16. The number of carbonyl (C=O) groups excluding carboxylic acids is 1. The molecule has 0 bridgehead atoms. The SMILES string of the molecule is CN1C(=O)CNC1c1cn(C)nn1. The lowest BCUT2D eigenvalue weighted by atomic mass is 10.3. The van der Waals surface area contributed by atoms with Crippen molar-refractivity contribution in [3.8, 4) is 0 Å². The predicted octanol–water partition coefficient (Wildman–Crippen LogP) is -1.12. The molecule has 1 unspecified atom stereocenters. The Morgan fingerprint density at radius 1 is 1.62 bits per heavy atom. The molecule has 1 aromatic rings. The third kappa shape index (κ3) is 1.29. The average molecular weight is 181 g/mol. The lowest BCUT2D eigenvalue weighted by molar-refractivity contribution is -0.126. The number of rotatable bonds is 1. The zero-order chi connectivity index (χ0) is 9.42. The quantitative estimate of drug-likeness (QED) is 0.596. The summed E-state index contributed by atoms with van der Waals surface area (Å²) in [5.74, 6) is 0.0793. The molecule has 1 aromatic heterocycles. The summed E-state index contributed by atoms with van der Waals surface area (Å²) in [7, 11) is 3.55. The topological polar surface area (TPSA) is 63.1 Å². The van der Waals surface area contributed by atoms with Crippen molar-refractivity contribution >= 4 is 5.91 Å². The van der Waals surface area contributed by atoms with Crippen LogP contribution in [0.3, 0.4) is 0 Å². The molecule has 0 saturated carbocycles. The van der Waals surface area contributed by atoms with Crippen LogP contribution < -0.4 is 5.32 Å². The van der Waals surface area contributed by atoms with E-state index in [2.05, 4.69) is 15.6 Å². The zero-order valence-electron chi connectivity index (χ0n) is 7.56. The molecule has 1 aliphatic heterocycles. The second kappa shape index (κ2) is 2.81. The number of hydrogen-bond donors (Lipinski definition) is 1. The van der Waals surface area contributed by atoms with Gasteiger partial charge in [-0.3, -0.25) is 14.8 Å². The number of aromatic nitrogens is 3. The van der Waals surface area contributed by atoms with Crippen LogP contribution in [0.25, 0.3) is 0 Å². The molecule has 1 amide bonds. The standard InChI is InChI=1S/C7H11N5O/c1-11-4-5(9-10-11)7-8-3-6(13)12(7)2/h4,7-8H,3H2,1-2H3. The number of carbonyl (C=O) groups is 1. The van der Waals surface area contributed by atoms with Gasteiger partial charge in [0, 0.05) is 14.1 Å². The number of amides is 1. The number of nitrogens with one attached hydrogen (secondary N) is 1. The summed E-state index contributed by atoms with van der Waals surface area (Å²) in [5.41, 5.74) is 0.774. The van der Waals surface area contributed by atoms with E-state index in [9.17, 15) is 4.79 Å². The summed E-state index contributed by atoms with van der Waals surface area (Å²) in [6, 6.07) is 0. The number of hydrogen-bond acceptors (Lipinski definition) is 4. The minimum atomic E-state index is -0.124. The molecule has 1 aliphatic rings. The maximum absolute atomic E-state index is 11.2.